The number of H-pyrrole nitrogens is 1. The van der Waals surface area contributed by atoms with Crippen LogP contribution in [0.15, 0.2) is 21.9 Å². The molecule has 1 aliphatic rings. The van der Waals surface area contributed by atoms with Crippen LogP contribution < -0.4 is 11.2 Å². The van der Waals surface area contributed by atoms with Crippen molar-refractivity contribution in [2.75, 3.05) is 0 Å². The molecule has 1 aromatic heterocycles. The van der Waals surface area contributed by atoms with Crippen molar-refractivity contribution in [1.82, 2.24) is 9.55 Å². The highest BCUT2D eigenvalue weighted by Gasteiger charge is 2.43. The molecule has 0 amide bonds. The van der Waals surface area contributed by atoms with E-state index in [0.717, 1.165) is 10.6 Å². The highest BCUT2D eigenvalue weighted by Crippen LogP contribution is 2.29. The fourth-order valence-electron chi connectivity index (χ4n) is 1.87. The molecule has 96 valence electrons. The molecule has 4 atom stereocenters. The number of aliphatic hydroxyl groups is 2. The molecular formula is C11H12N2O5. The maximum Gasteiger partial charge on any atom is 0.330 e. The number of aromatic nitrogens is 2. The Bertz CT molecular complexity index is 584. The molecule has 7 heteroatoms. The number of ether oxygens (including phenoxy) is 1. The molecule has 0 aliphatic carbocycles. The summed E-state index contributed by atoms with van der Waals surface area (Å²) >= 11 is 0. The van der Waals surface area contributed by atoms with Gasteiger partial charge in [0.05, 0.1) is 6.10 Å². The van der Waals surface area contributed by atoms with E-state index in [0.29, 0.717) is 0 Å². The van der Waals surface area contributed by atoms with E-state index in [1.165, 1.54) is 6.20 Å². The van der Waals surface area contributed by atoms with Crippen molar-refractivity contribution >= 4 is 0 Å². The molecule has 18 heavy (non-hydrogen) atoms. The van der Waals surface area contributed by atoms with Crippen molar-refractivity contribution in [3.63, 3.8) is 0 Å². The SMILES string of the molecule is C#CC[C@H]1O[C@@H](n2ccc(=O)[nH]c2=O)[C@H](O)[C@@H]1O. The van der Waals surface area contributed by atoms with Crippen LogP contribution in [0.1, 0.15) is 12.6 Å². The lowest BCUT2D eigenvalue weighted by Crippen LogP contribution is -2.37. The summed E-state index contributed by atoms with van der Waals surface area (Å²) in [6.45, 7) is 0. The third kappa shape index (κ3) is 2.09. The molecule has 1 saturated heterocycles. The molecule has 1 aliphatic heterocycles. The summed E-state index contributed by atoms with van der Waals surface area (Å²) in [5, 5.41) is 19.5. The highest BCUT2D eigenvalue weighted by atomic mass is 16.6. The number of nitrogens with one attached hydrogen (secondary N) is 1. The maximum atomic E-state index is 11.5. The van der Waals surface area contributed by atoms with Crippen molar-refractivity contribution in [3.05, 3.63) is 33.1 Å². The van der Waals surface area contributed by atoms with E-state index >= 15 is 0 Å². The van der Waals surface area contributed by atoms with E-state index in [4.69, 9.17) is 11.2 Å². The maximum absolute atomic E-state index is 11.5. The van der Waals surface area contributed by atoms with Crippen LogP contribution in [-0.2, 0) is 4.74 Å². The largest absolute Gasteiger partial charge is 0.387 e. The molecule has 3 N–H and O–H groups in total. The van der Waals surface area contributed by atoms with Gasteiger partial charge in [0.25, 0.3) is 5.56 Å². The minimum Gasteiger partial charge on any atom is -0.387 e. The fraction of sp³-hybridized carbons (Fsp3) is 0.455. The number of terminal acetylenes is 1. The molecule has 0 saturated carbocycles. The van der Waals surface area contributed by atoms with Gasteiger partial charge in [-0.1, -0.05) is 0 Å². The summed E-state index contributed by atoms with van der Waals surface area (Å²) in [5.41, 5.74) is -1.27. The second-order valence-corrected chi connectivity index (χ2v) is 3.97. The zero-order valence-corrected chi connectivity index (χ0v) is 9.31. The summed E-state index contributed by atoms with van der Waals surface area (Å²) in [6, 6.07) is 1.12. The molecule has 0 radical (unpaired) electrons. The van der Waals surface area contributed by atoms with E-state index in [1.54, 1.807) is 0 Å². The Morgan fingerprint density at radius 1 is 1.44 bits per heavy atom. The van der Waals surface area contributed by atoms with Crippen LogP contribution in [0.4, 0.5) is 0 Å². The van der Waals surface area contributed by atoms with Crippen molar-refractivity contribution in [1.29, 1.82) is 0 Å². The zero-order valence-electron chi connectivity index (χ0n) is 9.31. The third-order valence-corrected chi connectivity index (χ3v) is 2.78. The van der Waals surface area contributed by atoms with Crippen molar-refractivity contribution in [3.8, 4) is 12.3 Å². The van der Waals surface area contributed by atoms with Crippen molar-refractivity contribution < 1.29 is 14.9 Å². The molecule has 7 nitrogen and oxygen atoms in total. The first kappa shape index (κ1) is 12.6. The topological polar surface area (TPSA) is 105 Å². The number of hydrogen-bond donors (Lipinski definition) is 3. The van der Waals surface area contributed by atoms with E-state index in [9.17, 15) is 19.8 Å². The Labute approximate surface area is 102 Å². The van der Waals surface area contributed by atoms with E-state index in [2.05, 4.69) is 5.92 Å². The number of aliphatic hydroxyl groups excluding tert-OH is 2. The number of nitrogens with zero attached hydrogens (tertiary/aromatic N) is 1. The lowest BCUT2D eigenvalue weighted by atomic mass is 10.1. The first-order valence-corrected chi connectivity index (χ1v) is 5.31. The van der Waals surface area contributed by atoms with Gasteiger partial charge in [0.1, 0.15) is 12.2 Å². The van der Waals surface area contributed by atoms with Gasteiger partial charge in [-0.05, 0) is 0 Å². The molecular weight excluding hydrogens is 240 g/mol. The lowest BCUT2D eigenvalue weighted by Gasteiger charge is -2.16. The molecule has 0 spiro atoms. The van der Waals surface area contributed by atoms with Gasteiger partial charge in [-0.25, -0.2) is 4.79 Å². The predicted molar refractivity (Wildman–Crippen MR) is 60.7 cm³/mol. The van der Waals surface area contributed by atoms with Crippen LogP contribution in [0.2, 0.25) is 0 Å². The Morgan fingerprint density at radius 3 is 2.78 bits per heavy atom. The Balaban J connectivity index is 2.32. The van der Waals surface area contributed by atoms with Gasteiger partial charge in [-0.2, -0.15) is 0 Å². The smallest absolute Gasteiger partial charge is 0.330 e. The van der Waals surface area contributed by atoms with Gasteiger partial charge in [0.2, 0.25) is 0 Å². The van der Waals surface area contributed by atoms with Crippen molar-refractivity contribution in [2.24, 2.45) is 0 Å². The first-order valence-electron chi connectivity index (χ1n) is 5.31. The predicted octanol–water partition coefficient (Wildman–Crippen LogP) is -1.82. The minimum atomic E-state index is -1.29. The summed E-state index contributed by atoms with van der Waals surface area (Å²) in [7, 11) is 0. The Morgan fingerprint density at radius 2 is 2.17 bits per heavy atom. The Hall–Kier alpha value is -1.88. The van der Waals surface area contributed by atoms with E-state index in [1.807, 2.05) is 4.98 Å². The zero-order chi connectivity index (χ0) is 13.3. The molecule has 2 heterocycles. The van der Waals surface area contributed by atoms with Gasteiger partial charge in [0.15, 0.2) is 6.23 Å². The van der Waals surface area contributed by atoms with Crippen LogP contribution in [0.25, 0.3) is 0 Å². The van der Waals surface area contributed by atoms with E-state index < -0.39 is 35.8 Å². The fourth-order valence-corrected chi connectivity index (χ4v) is 1.87. The number of hydrogen-bond acceptors (Lipinski definition) is 5. The number of aromatic amines is 1. The van der Waals surface area contributed by atoms with Gasteiger partial charge >= 0.3 is 5.69 Å². The second kappa shape index (κ2) is 4.78. The average molecular weight is 252 g/mol. The van der Waals surface area contributed by atoms with Crippen LogP contribution >= 0.6 is 0 Å². The molecule has 0 unspecified atom stereocenters. The molecule has 0 aromatic carbocycles. The van der Waals surface area contributed by atoms with Crippen LogP contribution in [-0.4, -0.2) is 38.1 Å². The standard InChI is InChI=1S/C11H12N2O5/c1-2-3-6-8(15)9(16)10(18-6)13-5-4-7(14)12-11(13)17/h1,4-6,8-10,15-16H,3H2,(H,12,14,17)/t6-,8-,9-,10-/m1/s1. The quantitative estimate of drug-likeness (QED) is 0.537. The van der Waals surface area contributed by atoms with E-state index in [-0.39, 0.29) is 6.42 Å². The van der Waals surface area contributed by atoms with Crippen LogP contribution in [0.5, 0.6) is 0 Å². The number of rotatable bonds is 2. The van der Waals surface area contributed by atoms with Gasteiger partial charge < -0.3 is 14.9 Å². The minimum absolute atomic E-state index is 0.118. The first-order chi connectivity index (χ1) is 8.54. The molecule has 2 rings (SSSR count). The lowest BCUT2D eigenvalue weighted by molar-refractivity contribution is -0.0383. The highest BCUT2D eigenvalue weighted by molar-refractivity contribution is 4.98. The third-order valence-electron chi connectivity index (χ3n) is 2.78. The Kier molecular flexibility index (Phi) is 3.34. The van der Waals surface area contributed by atoms with Crippen LogP contribution in [0.3, 0.4) is 0 Å². The second-order valence-electron chi connectivity index (χ2n) is 3.97. The monoisotopic (exact) mass is 252 g/mol. The van der Waals surface area contributed by atoms with Gasteiger partial charge in [-0.3, -0.25) is 14.3 Å². The molecule has 0 bridgehead atoms. The van der Waals surface area contributed by atoms with Crippen LogP contribution in [0, 0.1) is 12.3 Å². The molecule has 1 aromatic rings. The molecule has 1 fully saturated rings. The summed E-state index contributed by atoms with van der Waals surface area (Å²) in [6.07, 6.45) is 2.15. The van der Waals surface area contributed by atoms with Crippen molar-refractivity contribution in [2.45, 2.75) is 31.0 Å². The van der Waals surface area contributed by atoms with Gasteiger partial charge in [-0.15, -0.1) is 12.3 Å². The normalized spacial score (nSPS) is 31.2. The summed E-state index contributed by atoms with van der Waals surface area (Å²) < 4.78 is 6.34. The van der Waals surface area contributed by atoms with Gasteiger partial charge in [0, 0.05) is 18.7 Å². The summed E-state index contributed by atoms with van der Waals surface area (Å²) in [4.78, 5) is 24.5. The average Bonchev–Trinajstić information content (AvgIpc) is 2.58. The summed E-state index contributed by atoms with van der Waals surface area (Å²) in [5.74, 6) is 2.32.